The number of hydrogen-bond donors (Lipinski definition) is 1. The molecule has 3 aromatic rings. The molecule has 0 aliphatic rings. The van der Waals surface area contributed by atoms with Crippen LogP contribution in [0.5, 0.6) is 0 Å². The van der Waals surface area contributed by atoms with Crippen LogP contribution in [0.4, 0.5) is 0 Å². The number of imidazole rings is 1. The SMILES string of the molecule is Cl.c1ncnc(-c2ccc3nc[nH]c3c2)n1. The van der Waals surface area contributed by atoms with Crippen molar-refractivity contribution in [2.45, 2.75) is 0 Å². The van der Waals surface area contributed by atoms with Crippen molar-refractivity contribution in [2.75, 3.05) is 0 Å². The van der Waals surface area contributed by atoms with E-state index in [2.05, 4.69) is 24.9 Å². The topological polar surface area (TPSA) is 67.3 Å². The van der Waals surface area contributed by atoms with Crippen LogP contribution in [0.2, 0.25) is 0 Å². The van der Waals surface area contributed by atoms with Gasteiger partial charge in [-0.3, -0.25) is 0 Å². The smallest absolute Gasteiger partial charge is 0.162 e. The van der Waals surface area contributed by atoms with Gasteiger partial charge in [0.2, 0.25) is 0 Å². The number of H-pyrrole nitrogens is 1. The molecule has 0 saturated carbocycles. The molecule has 0 amide bonds. The molecule has 0 bridgehead atoms. The van der Waals surface area contributed by atoms with Crippen LogP contribution in [0.3, 0.4) is 0 Å². The number of fused-ring (bicyclic) bond motifs is 1. The summed E-state index contributed by atoms with van der Waals surface area (Å²) in [7, 11) is 0. The Morgan fingerprint density at radius 2 is 1.81 bits per heavy atom. The summed E-state index contributed by atoms with van der Waals surface area (Å²) in [5, 5.41) is 0. The van der Waals surface area contributed by atoms with Crippen molar-refractivity contribution in [3.05, 3.63) is 37.2 Å². The lowest BCUT2D eigenvalue weighted by atomic mass is 10.2. The van der Waals surface area contributed by atoms with Crippen molar-refractivity contribution >= 4 is 23.4 Å². The second-order valence-electron chi connectivity index (χ2n) is 3.10. The molecule has 1 aromatic carbocycles. The van der Waals surface area contributed by atoms with Gasteiger partial charge in [-0.2, -0.15) is 0 Å². The van der Waals surface area contributed by atoms with Crippen LogP contribution < -0.4 is 0 Å². The minimum atomic E-state index is 0. The lowest BCUT2D eigenvalue weighted by molar-refractivity contribution is 1.06. The Bertz CT molecular complexity index is 592. The number of hydrogen-bond acceptors (Lipinski definition) is 4. The van der Waals surface area contributed by atoms with E-state index >= 15 is 0 Å². The van der Waals surface area contributed by atoms with Crippen molar-refractivity contribution in [3.8, 4) is 11.4 Å². The Kier molecular flexibility index (Phi) is 2.78. The first kappa shape index (κ1) is 10.5. The molecule has 0 saturated heterocycles. The molecule has 0 atom stereocenters. The molecule has 0 unspecified atom stereocenters. The van der Waals surface area contributed by atoms with E-state index in [1.807, 2.05) is 18.2 Å². The summed E-state index contributed by atoms with van der Waals surface area (Å²) in [5.74, 6) is 0.668. The largest absolute Gasteiger partial charge is 0.345 e. The maximum absolute atomic E-state index is 4.14. The average Bonchev–Trinajstić information content (AvgIpc) is 2.77. The van der Waals surface area contributed by atoms with Crippen molar-refractivity contribution in [2.24, 2.45) is 0 Å². The Labute approximate surface area is 97.4 Å². The fourth-order valence-electron chi connectivity index (χ4n) is 1.46. The number of nitrogens with zero attached hydrogens (tertiary/aromatic N) is 4. The zero-order valence-electron chi connectivity index (χ0n) is 8.16. The van der Waals surface area contributed by atoms with Gasteiger partial charge in [0.05, 0.1) is 17.4 Å². The fraction of sp³-hybridized carbons (Fsp3) is 0. The second kappa shape index (κ2) is 4.24. The van der Waals surface area contributed by atoms with Gasteiger partial charge in [-0.25, -0.2) is 19.9 Å². The van der Waals surface area contributed by atoms with E-state index in [1.165, 1.54) is 12.7 Å². The van der Waals surface area contributed by atoms with E-state index in [0.29, 0.717) is 5.82 Å². The Hall–Kier alpha value is -2.01. The molecule has 6 heteroatoms. The molecule has 3 rings (SSSR count). The van der Waals surface area contributed by atoms with Crippen LogP contribution in [-0.4, -0.2) is 24.9 Å². The first-order valence-corrected chi connectivity index (χ1v) is 4.49. The molecule has 80 valence electrons. The molecule has 0 radical (unpaired) electrons. The molecule has 2 aromatic heterocycles. The maximum Gasteiger partial charge on any atom is 0.162 e. The molecule has 0 aliphatic heterocycles. The monoisotopic (exact) mass is 233 g/mol. The van der Waals surface area contributed by atoms with Gasteiger partial charge in [0, 0.05) is 5.56 Å². The molecule has 5 nitrogen and oxygen atoms in total. The Morgan fingerprint density at radius 3 is 2.62 bits per heavy atom. The summed E-state index contributed by atoms with van der Waals surface area (Å²) >= 11 is 0. The predicted octanol–water partition coefficient (Wildman–Crippen LogP) is 1.84. The maximum atomic E-state index is 4.14. The minimum Gasteiger partial charge on any atom is -0.345 e. The fourth-order valence-corrected chi connectivity index (χ4v) is 1.46. The highest BCUT2D eigenvalue weighted by molar-refractivity contribution is 5.85. The first-order chi connectivity index (χ1) is 7.43. The summed E-state index contributed by atoms with van der Waals surface area (Å²) in [4.78, 5) is 19.1. The van der Waals surface area contributed by atoms with Crippen LogP contribution >= 0.6 is 12.4 Å². The quantitative estimate of drug-likeness (QED) is 0.696. The van der Waals surface area contributed by atoms with Gasteiger partial charge in [0.1, 0.15) is 12.7 Å². The highest BCUT2D eigenvalue weighted by Gasteiger charge is 2.02. The summed E-state index contributed by atoms with van der Waals surface area (Å²) in [5.41, 5.74) is 2.87. The molecule has 0 fully saturated rings. The molecule has 0 aliphatic carbocycles. The van der Waals surface area contributed by atoms with E-state index in [9.17, 15) is 0 Å². The summed E-state index contributed by atoms with van der Waals surface area (Å²) in [6, 6.07) is 5.85. The van der Waals surface area contributed by atoms with Crippen molar-refractivity contribution in [3.63, 3.8) is 0 Å². The zero-order chi connectivity index (χ0) is 10.1. The van der Waals surface area contributed by atoms with E-state index in [0.717, 1.165) is 16.6 Å². The minimum absolute atomic E-state index is 0. The lowest BCUT2D eigenvalue weighted by Crippen LogP contribution is -1.88. The number of halogens is 1. The van der Waals surface area contributed by atoms with Crippen LogP contribution in [-0.2, 0) is 0 Å². The van der Waals surface area contributed by atoms with E-state index in [4.69, 9.17) is 0 Å². The number of nitrogens with one attached hydrogen (secondary N) is 1. The van der Waals surface area contributed by atoms with Crippen LogP contribution in [0.25, 0.3) is 22.4 Å². The van der Waals surface area contributed by atoms with Crippen LogP contribution in [0.15, 0.2) is 37.2 Å². The van der Waals surface area contributed by atoms with Gasteiger partial charge >= 0.3 is 0 Å². The second-order valence-corrected chi connectivity index (χ2v) is 3.10. The normalized spacial score (nSPS) is 10.0. The standard InChI is InChI=1S/C10H7N5.ClH/c1-2-8-9(13-6-12-8)3-7(1)10-14-4-11-5-15-10;/h1-6H,(H,12,13);1H. The highest BCUT2D eigenvalue weighted by Crippen LogP contribution is 2.18. The van der Waals surface area contributed by atoms with Crippen LogP contribution in [0.1, 0.15) is 0 Å². The van der Waals surface area contributed by atoms with E-state index < -0.39 is 0 Å². The third-order valence-electron chi connectivity index (χ3n) is 2.17. The molecular weight excluding hydrogens is 226 g/mol. The summed E-state index contributed by atoms with van der Waals surface area (Å²) in [6.45, 7) is 0. The van der Waals surface area contributed by atoms with Gasteiger partial charge in [0.15, 0.2) is 5.82 Å². The first-order valence-electron chi connectivity index (χ1n) is 4.49. The molecule has 1 N–H and O–H groups in total. The third kappa shape index (κ3) is 1.72. The number of aromatic nitrogens is 5. The molecular formula is C10H8ClN5. The van der Waals surface area contributed by atoms with Gasteiger partial charge in [-0.05, 0) is 18.2 Å². The van der Waals surface area contributed by atoms with E-state index in [1.54, 1.807) is 6.33 Å². The molecule has 0 spiro atoms. The third-order valence-corrected chi connectivity index (χ3v) is 2.17. The number of aromatic amines is 1. The summed E-state index contributed by atoms with van der Waals surface area (Å²) < 4.78 is 0. The Morgan fingerprint density at radius 1 is 1.00 bits per heavy atom. The number of benzene rings is 1. The highest BCUT2D eigenvalue weighted by atomic mass is 35.5. The van der Waals surface area contributed by atoms with Gasteiger partial charge in [0.25, 0.3) is 0 Å². The zero-order valence-corrected chi connectivity index (χ0v) is 8.98. The number of rotatable bonds is 1. The van der Waals surface area contributed by atoms with Gasteiger partial charge in [-0.15, -0.1) is 12.4 Å². The van der Waals surface area contributed by atoms with E-state index in [-0.39, 0.29) is 12.4 Å². The van der Waals surface area contributed by atoms with Crippen molar-refractivity contribution < 1.29 is 0 Å². The van der Waals surface area contributed by atoms with Crippen molar-refractivity contribution in [1.82, 2.24) is 24.9 Å². The molecule has 16 heavy (non-hydrogen) atoms. The average molecular weight is 234 g/mol. The van der Waals surface area contributed by atoms with Gasteiger partial charge in [-0.1, -0.05) is 0 Å². The predicted molar refractivity (Wildman–Crippen MR) is 62.2 cm³/mol. The Balaban J connectivity index is 0.000000963. The lowest BCUT2D eigenvalue weighted by Gasteiger charge is -1.97. The van der Waals surface area contributed by atoms with Crippen LogP contribution in [0, 0.1) is 0 Å². The molecule has 2 heterocycles. The van der Waals surface area contributed by atoms with Gasteiger partial charge < -0.3 is 4.98 Å². The summed E-state index contributed by atoms with van der Waals surface area (Å²) in [6.07, 6.45) is 4.64. The van der Waals surface area contributed by atoms with Crippen molar-refractivity contribution in [1.29, 1.82) is 0 Å².